The van der Waals surface area contributed by atoms with Gasteiger partial charge in [0.25, 0.3) is 8.32 Å². The Hall–Kier alpha value is -1.80. The Labute approximate surface area is 239 Å². The largest absolute Gasteiger partial charge is 0.405 e. The second-order valence-corrected chi connectivity index (χ2v) is 15.6. The maximum absolute atomic E-state index is 7.23. The summed E-state index contributed by atoms with van der Waals surface area (Å²) in [5.74, 6) is 0. The van der Waals surface area contributed by atoms with Crippen LogP contribution in [-0.2, 0) is 23.4 Å². The van der Waals surface area contributed by atoms with Crippen molar-refractivity contribution in [1.29, 1.82) is 0 Å². The van der Waals surface area contributed by atoms with E-state index in [1.165, 1.54) is 10.4 Å². The minimum atomic E-state index is -2.51. The summed E-state index contributed by atoms with van der Waals surface area (Å²) in [5.41, 5.74) is 0. The lowest BCUT2D eigenvalue weighted by Crippen LogP contribution is -2.67. The van der Waals surface area contributed by atoms with Gasteiger partial charge in [-0.3, -0.25) is 0 Å². The van der Waals surface area contributed by atoms with Gasteiger partial charge in [0.2, 0.25) is 0 Å². The molecule has 0 amide bonds. The number of ether oxygens (including phenoxy) is 4. The van der Waals surface area contributed by atoms with Crippen molar-refractivity contribution in [2.45, 2.75) is 96.0 Å². The van der Waals surface area contributed by atoms with Crippen molar-refractivity contribution in [3.8, 4) is 0 Å². The molecule has 2 aromatic carbocycles. The third-order valence-corrected chi connectivity index (χ3v) is 12.5. The fourth-order valence-electron chi connectivity index (χ4n) is 5.28. The predicted molar refractivity (Wildman–Crippen MR) is 164 cm³/mol. The minimum absolute atomic E-state index is 0.00780. The molecule has 3 atom stereocenters. The van der Waals surface area contributed by atoms with Crippen LogP contribution in [0.2, 0.25) is 5.04 Å². The Bertz CT molecular complexity index is 860. The zero-order chi connectivity index (χ0) is 28.6. The van der Waals surface area contributed by atoms with Crippen molar-refractivity contribution in [3.05, 3.63) is 73.3 Å². The molecular formula is C33H52O5Si. The van der Waals surface area contributed by atoms with Crippen molar-refractivity contribution < 1.29 is 23.4 Å². The summed E-state index contributed by atoms with van der Waals surface area (Å²) in [4.78, 5) is 0. The molecule has 2 aromatic rings. The average molecular weight is 557 g/mol. The second-order valence-electron chi connectivity index (χ2n) is 11.3. The molecule has 2 rings (SSSR count). The van der Waals surface area contributed by atoms with Gasteiger partial charge in [0, 0.05) is 20.3 Å². The summed E-state index contributed by atoms with van der Waals surface area (Å²) in [6.45, 7) is 13.7. The van der Waals surface area contributed by atoms with Crippen LogP contribution in [0, 0.1) is 0 Å². The number of methoxy groups -OCH3 is 2. The summed E-state index contributed by atoms with van der Waals surface area (Å²) in [6.07, 6.45) is 9.29. The summed E-state index contributed by atoms with van der Waals surface area (Å²) in [7, 11) is 0.784. The van der Waals surface area contributed by atoms with Crippen LogP contribution in [0.15, 0.2) is 73.3 Å². The van der Waals surface area contributed by atoms with E-state index < -0.39 is 8.32 Å². The van der Waals surface area contributed by atoms with Gasteiger partial charge in [-0.15, -0.1) is 6.58 Å². The number of hydrogen-bond donors (Lipinski definition) is 0. The van der Waals surface area contributed by atoms with Gasteiger partial charge in [-0.2, -0.15) is 0 Å². The maximum Gasteiger partial charge on any atom is 0.261 e. The van der Waals surface area contributed by atoms with Crippen molar-refractivity contribution in [2.75, 3.05) is 27.8 Å². The first-order valence-corrected chi connectivity index (χ1v) is 16.3. The summed E-state index contributed by atoms with van der Waals surface area (Å²) in [6, 6.07) is 21.8. The number of hydrogen-bond acceptors (Lipinski definition) is 5. The first-order chi connectivity index (χ1) is 18.8. The Balaban J connectivity index is 1.96. The van der Waals surface area contributed by atoms with Crippen molar-refractivity contribution in [3.63, 3.8) is 0 Å². The smallest absolute Gasteiger partial charge is 0.261 e. The molecule has 0 N–H and O–H groups in total. The maximum atomic E-state index is 7.23. The van der Waals surface area contributed by atoms with Gasteiger partial charge >= 0.3 is 0 Å². The SMILES string of the molecule is C=C[C@H](CC[C@H](CCCCC[C@H](C)O[Si](c1ccccc1)(c1ccccc1)C(C)(C)C)OCOC)OCOC. The van der Waals surface area contributed by atoms with Crippen LogP contribution >= 0.6 is 0 Å². The number of unbranched alkanes of at least 4 members (excludes halogenated alkanes) is 2. The highest BCUT2D eigenvalue weighted by Crippen LogP contribution is 2.38. The van der Waals surface area contributed by atoms with E-state index in [-0.39, 0.29) is 30.1 Å². The fraction of sp³-hybridized carbons (Fsp3) is 0.576. The molecule has 218 valence electrons. The highest BCUT2D eigenvalue weighted by molar-refractivity contribution is 6.99. The topological polar surface area (TPSA) is 46.2 Å². The Kier molecular flexibility index (Phi) is 15.2. The lowest BCUT2D eigenvalue weighted by molar-refractivity contribution is -0.0882. The highest BCUT2D eigenvalue weighted by Gasteiger charge is 2.50. The Morgan fingerprint density at radius 1 is 0.744 bits per heavy atom. The molecule has 0 radical (unpaired) electrons. The van der Waals surface area contributed by atoms with Gasteiger partial charge in [-0.1, -0.05) is 107 Å². The lowest BCUT2D eigenvalue weighted by atomic mass is 10.0. The van der Waals surface area contributed by atoms with Crippen LogP contribution in [0.3, 0.4) is 0 Å². The molecule has 0 saturated carbocycles. The minimum Gasteiger partial charge on any atom is -0.405 e. The van der Waals surface area contributed by atoms with Gasteiger partial charge in [0.05, 0.1) is 12.2 Å². The van der Waals surface area contributed by atoms with Gasteiger partial charge in [0.1, 0.15) is 13.6 Å². The van der Waals surface area contributed by atoms with E-state index in [1.807, 2.05) is 6.08 Å². The Morgan fingerprint density at radius 3 is 1.79 bits per heavy atom. The van der Waals surface area contributed by atoms with E-state index in [2.05, 4.69) is 94.9 Å². The molecule has 6 heteroatoms. The van der Waals surface area contributed by atoms with Gasteiger partial charge in [-0.25, -0.2) is 0 Å². The molecular weight excluding hydrogens is 504 g/mol. The third kappa shape index (κ3) is 10.6. The van der Waals surface area contributed by atoms with Crippen LogP contribution in [0.4, 0.5) is 0 Å². The van der Waals surface area contributed by atoms with Gasteiger partial charge < -0.3 is 23.4 Å². The van der Waals surface area contributed by atoms with E-state index >= 15 is 0 Å². The molecule has 0 aliphatic heterocycles. The molecule has 0 bridgehead atoms. The van der Waals surface area contributed by atoms with Crippen molar-refractivity contribution in [2.24, 2.45) is 0 Å². The van der Waals surface area contributed by atoms with Crippen LogP contribution in [0.1, 0.15) is 72.6 Å². The van der Waals surface area contributed by atoms with Crippen molar-refractivity contribution >= 4 is 18.7 Å². The standard InChI is InChI=1S/C33H52O5Si/c1-8-29(36-26-34-6)24-25-30(37-27-35-7)19-13-9-12-18-28(2)38-39(33(3,4)5,31-20-14-10-15-21-31)32-22-16-11-17-23-32/h8,10-11,14-17,20-23,28-30H,1,9,12-13,18-19,24-27H2,2-7H3/t28-,29+,30-/m0/s1. The van der Waals surface area contributed by atoms with Crippen molar-refractivity contribution in [1.82, 2.24) is 0 Å². The molecule has 5 nitrogen and oxygen atoms in total. The van der Waals surface area contributed by atoms with E-state index in [9.17, 15) is 0 Å². The summed E-state index contributed by atoms with van der Waals surface area (Å²) >= 11 is 0. The quantitative estimate of drug-likeness (QED) is 0.0773. The van der Waals surface area contributed by atoms with Crippen LogP contribution < -0.4 is 10.4 Å². The highest BCUT2D eigenvalue weighted by atomic mass is 28.4. The second kappa shape index (κ2) is 17.8. The molecule has 0 unspecified atom stereocenters. The van der Waals surface area contributed by atoms with Crippen LogP contribution in [-0.4, -0.2) is 54.4 Å². The predicted octanol–water partition coefficient (Wildman–Crippen LogP) is 6.85. The molecule has 0 aromatic heterocycles. The fourth-order valence-corrected chi connectivity index (χ4v) is 10.0. The van der Waals surface area contributed by atoms with E-state index in [0.29, 0.717) is 6.79 Å². The van der Waals surface area contributed by atoms with Crippen LogP contribution in [0.5, 0.6) is 0 Å². The molecule has 0 fully saturated rings. The molecule has 0 aliphatic rings. The van der Waals surface area contributed by atoms with E-state index in [4.69, 9.17) is 23.4 Å². The summed E-state index contributed by atoms with van der Waals surface area (Å²) < 4.78 is 29.0. The zero-order valence-electron chi connectivity index (χ0n) is 25.2. The molecule has 0 saturated heterocycles. The van der Waals surface area contributed by atoms with E-state index in [0.717, 1.165) is 44.9 Å². The molecule has 0 aliphatic carbocycles. The Morgan fingerprint density at radius 2 is 1.28 bits per heavy atom. The molecule has 39 heavy (non-hydrogen) atoms. The molecule has 0 spiro atoms. The normalized spacial score (nSPS) is 14.6. The average Bonchev–Trinajstić information content (AvgIpc) is 2.94. The first-order valence-electron chi connectivity index (χ1n) is 14.4. The lowest BCUT2D eigenvalue weighted by Gasteiger charge is -2.44. The monoisotopic (exact) mass is 556 g/mol. The van der Waals surface area contributed by atoms with E-state index in [1.54, 1.807) is 14.2 Å². The third-order valence-electron chi connectivity index (χ3n) is 7.29. The first kappa shape index (κ1) is 33.4. The molecule has 0 heterocycles. The zero-order valence-corrected chi connectivity index (χ0v) is 26.2. The van der Waals surface area contributed by atoms with Gasteiger partial charge in [-0.05, 0) is 48.0 Å². The summed E-state index contributed by atoms with van der Waals surface area (Å²) in [5, 5.41) is 2.66. The van der Waals surface area contributed by atoms with Gasteiger partial charge in [0.15, 0.2) is 0 Å². The number of benzene rings is 2. The van der Waals surface area contributed by atoms with Crippen LogP contribution in [0.25, 0.3) is 0 Å². The number of rotatable bonds is 20.